The molecule has 0 spiro atoms. The third-order valence-corrected chi connectivity index (χ3v) is 5.46. The lowest BCUT2D eigenvalue weighted by Gasteiger charge is -2.33. The summed E-state index contributed by atoms with van der Waals surface area (Å²) in [6.07, 6.45) is 4.01. The van der Waals surface area contributed by atoms with E-state index >= 15 is 0 Å². The SMILES string of the molecule is COC1CCCN(c2ccc(NS(=O)(=O)/C=C/c3ccccc3)cc2)C1. The molecule has 0 radical (unpaired) electrons. The summed E-state index contributed by atoms with van der Waals surface area (Å²) in [6, 6.07) is 16.8. The van der Waals surface area contributed by atoms with Crippen molar-refractivity contribution in [3.8, 4) is 0 Å². The first kappa shape index (κ1) is 18.5. The first-order chi connectivity index (χ1) is 12.6. The zero-order valence-corrected chi connectivity index (χ0v) is 15.7. The van der Waals surface area contributed by atoms with Crippen molar-refractivity contribution in [1.82, 2.24) is 0 Å². The van der Waals surface area contributed by atoms with E-state index in [1.54, 1.807) is 25.3 Å². The van der Waals surface area contributed by atoms with Gasteiger partial charge in [-0.1, -0.05) is 30.3 Å². The molecule has 1 N–H and O–H groups in total. The lowest BCUT2D eigenvalue weighted by Crippen LogP contribution is -2.39. The highest BCUT2D eigenvalue weighted by atomic mass is 32.2. The predicted octanol–water partition coefficient (Wildman–Crippen LogP) is 3.71. The van der Waals surface area contributed by atoms with Gasteiger partial charge in [0.05, 0.1) is 11.5 Å². The van der Waals surface area contributed by atoms with Crippen LogP contribution in [0.2, 0.25) is 0 Å². The van der Waals surface area contributed by atoms with Gasteiger partial charge in [0.15, 0.2) is 0 Å². The quantitative estimate of drug-likeness (QED) is 0.840. The van der Waals surface area contributed by atoms with Crippen molar-refractivity contribution in [2.75, 3.05) is 29.8 Å². The highest BCUT2D eigenvalue weighted by molar-refractivity contribution is 7.95. The van der Waals surface area contributed by atoms with Crippen molar-refractivity contribution in [2.45, 2.75) is 18.9 Å². The van der Waals surface area contributed by atoms with Gasteiger partial charge < -0.3 is 9.64 Å². The summed E-state index contributed by atoms with van der Waals surface area (Å²) in [6.45, 7) is 1.85. The molecule has 138 valence electrons. The van der Waals surface area contributed by atoms with Crippen LogP contribution in [0.25, 0.3) is 6.08 Å². The predicted molar refractivity (Wildman–Crippen MR) is 107 cm³/mol. The topological polar surface area (TPSA) is 58.6 Å². The number of rotatable bonds is 6. The minimum atomic E-state index is -3.55. The van der Waals surface area contributed by atoms with Gasteiger partial charge in [-0.15, -0.1) is 0 Å². The largest absolute Gasteiger partial charge is 0.380 e. The Kier molecular flexibility index (Phi) is 5.96. The lowest BCUT2D eigenvalue weighted by atomic mass is 10.1. The second-order valence-electron chi connectivity index (χ2n) is 6.35. The van der Waals surface area contributed by atoms with Gasteiger partial charge in [0.25, 0.3) is 10.0 Å². The maximum atomic E-state index is 12.2. The van der Waals surface area contributed by atoms with Gasteiger partial charge >= 0.3 is 0 Å². The number of piperidine rings is 1. The molecular weight excluding hydrogens is 348 g/mol. The van der Waals surface area contributed by atoms with Gasteiger partial charge in [-0.2, -0.15) is 0 Å². The minimum absolute atomic E-state index is 0.255. The van der Waals surface area contributed by atoms with Crippen molar-refractivity contribution < 1.29 is 13.2 Å². The molecule has 1 fully saturated rings. The van der Waals surface area contributed by atoms with E-state index in [0.717, 1.165) is 37.2 Å². The van der Waals surface area contributed by atoms with Gasteiger partial charge in [-0.3, -0.25) is 4.72 Å². The van der Waals surface area contributed by atoms with Gasteiger partial charge in [-0.05, 0) is 48.7 Å². The molecule has 0 amide bonds. The van der Waals surface area contributed by atoms with Gasteiger partial charge in [0.1, 0.15) is 0 Å². The van der Waals surface area contributed by atoms with Gasteiger partial charge in [-0.25, -0.2) is 8.42 Å². The van der Waals surface area contributed by atoms with Crippen LogP contribution in [0.1, 0.15) is 18.4 Å². The smallest absolute Gasteiger partial charge is 0.255 e. The Hall–Kier alpha value is -2.31. The molecule has 26 heavy (non-hydrogen) atoms. The molecule has 1 aliphatic rings. The van der Waals surface area contributed by atoms with Crippen molar-refractivity contribution in [1.29, 1.82) is 0 Å². The van der Waals surface area contributed by atoms with Crippen LogP contribution in [-0.2, 0) is 14.8 Å². The number of ether oxygens (including phenoxy) is 1. The second kappa shape index (κ2) is 8.38. The molecule has 1 saturated heterocycles. The standard InChI is InChI=1S/C20H24N2O3S/c1-25-20-8-5-14-22(16-20)19-11-9-18(10-12-19)21-26(23,24)15-13-17-6-3-2-4-7-17/h2-4,6-7,9-13,15,20-21H,5,8,14,16H2,1H3/b15-13+. The van der Waals surface area contributed by atoms with E-state index in [0.29, 0.717) is 5.69 Å². The Morgan fingerprint density at radius 3 is 2.54 bits per heavy atom. The molecule has 1 atom stereocenters. The van der Waals surface area contributed by atoms with Crippen LogP contribution in [-0.4, -0.2) is 34.7 Å². The molecule has 1 heterocycles. The van der Waals surface area contributed by atoms with Crippen molar-refractivity contribution in [3.05, 3.63) is 65.6 Å². The van der Waals surface area contributed by atoms with E-state index in [9.17, 15) is 8.42 Å². The fourth-order valence-corrected chi connectivity index (χ4v) is 3.90. The maximum absolute atomic E-state index is 12.2. The van der Waals surface area contributed by atoms with Crippen LogP contribution >= 0.6 is 0 Å². The summed E-state index contributed by atoms with van der Waals surface area (Å²) >= 11 is 0. The fourth-order valence-electron chi connectivity index (χ4n) is 3.04. The number of hydrogen-bond acceptors (Lipinski definition) is 4. The number of hydrogen-bond donors (Lipinski definition) is 1. The summed E-state index contributed by atoms with van der Waals surface area (Å²) in [7, 11) is -1.80. The molecule has 0 aromatic heterocycles. The third kappa shape index (κ3) is 5.09. The molecule has 1 aliphatic heterocycles. The zero-order valence-electron chi connectivity index (χ0n) is 14.8. The van der Waals surface area contributed by atoms with Crippen molar-refractivity contribution >= 4 is 27.5 Å². The van der Waals surface area contributed by atoms with E-state index < -0.39 is 10.0 Å². The highest BCUT2D eigenvalue weighted by Gasteiger charge is 2.19. The van der Waals surface area contributed by atoms with Crippen LogP contribution in [0, 0.1) is 0 Å². The molecule has 3 rings (SSSR count). The molecule has 0 aliphatic carbocycles. The molecule has 2 aromatic carbocycles. The average molecular weight is 372 g/mol. The molecule has 0 saturated carbocycles. The average Bonchev–Trinajstić information content (AvgIpc) is 2.68. The number of benzene rings is 2. The Bertz CT molecular complexity index is 833. The molecule has 1 unspecified atom stereocenters. The van der Waals surface area contributed by atoms with Crippen LogP contribution in [0.15, 0.2) is 60.0 Å². The first-order valence-corrected chi connectivity index (χ1v) is 10.2. The summed E-state index contributed by atoms with van der Waals surface area (Å²) in [5, 5.41) is 1.18. The van der Waals surface area contributed by atoms with Crippen molar-refractivity contribution in [3.63, 3.8) is 0 Å². The minimum Gasteiger partial charge on any atom is -0.380 e. The molecule has 2 aromatic rings. The van der Waals surface area contributed by atoms with Gasteiger partial charge in [0.2, 0.25) is 0 Å². The number of methoxy groups -OCH3 is 1. The molecule has 5 nitrogen and oxygen atoms in total. The summed E-state index contributed by atoms with van der Waals surface area (Å²) in [4.78, 5) is 2.27. The second-order valence-corrected chi connectivity index (χ2v) is 7.92. The fraction of sp³-hybridized carbons (Fsp3) is 0.300. The van der Waals surface area contributed by atoms with Gasteiger partial charge in [0, 0.05) is 31.6 Å². The first-order valence-electron chi connectivity index (χ1n) is 8.69. The van der Waals surface area contributed by atoms with E-state index in [4.69, 9.17) is 4.74 Å². The molecule has 0 bridgehead atoms. The lowest BCUT2D eigenvalue weighted by molar-refractivity contribution is 0.0893. The monoisotopic (exact) mass is 372 g/mol. The van der Waals surface area contributed by atoms with Crippen LogP contribution in [0.5, 0.6) is 0 Å². The van der Waals surface area contributed by atoms with Crippen molar-refractivity contribution in [2.24, 2.45) is 0 Å². The van der Waals surface area contributed by atoms with Crippen LogP contribution in [0.3, 0.4) is 0 Å². The van der Waals surface area contributed by atoms with Crippen LogP contribution < -0.4 is 9.62 Å². The normalized spacial score (nSPS) is 18.2. The van der Waals surface area contributed by atoms with E-state index in [1.807, 2.05) is 42.5 Å². The summed E-state index contributed by atoms with van der Waals surface area (Å²) in [5.74, 6) is 0. The Balaban J connectivity index is 1.64. The summed E-state index contributed by atoms with van der Waals surface area (Å²) < 4.78 is 32.5. The van der Waals surface area contributed by atoms with E-state index in [2.05, 4.69) is 9.62 Å². The summed E-state index contributed by atoms with van der Waals surface area (Å²) in [5.41, 5.74) is 2.47. The van der Waals surface area contributed by atoms with Crippen LogP contribution in [0.4, 0.5) is 11.4 Å². The number of nitrogens with one attached hydrogen (secondary N) is 1. The number of nitrogens with zero attached hydrogens (tertiary/aromatic N) is 1. The zero-order chi connectivity index (χ0) is 18.4. The highest BCUT2D eigenvalue weighted by Crippen LogP contribution is 2.23. The number of sulfonamides is 1. The number of anilines is 2. The Morgan fingerprint density at radius 1 is 1.12 bits per heavy atom. The van der Waals surface area contributed by atoms with E-state index in [1.165, 1.54) is 5.41 Å². The Labute approximate surface area is 155 Å². The third-order valence-electron chi connectivity index (χ3n) is 4.44. The molecular formula is C20H24N2O3S. The maximum Gasteiger partial charge on any atom is 0.255 e. The Morgan fingerprint density at radius 2 is 1.85 bits per heavy atom. The van der Waals surface area contributed by atoms with E-state index in [-0.39, 0.29) is 6.10 Å². The molecule has 6 heteroatoms.